The van der Waals surface area contributed by atoms with Crippen LogP contribution in [0.25, 0.3) is 5.82 Å². The summed E-state index contributed by atoms with van der Waals surface area (Å²) in [6.07, 6.45) is 4.55. The summed E-state index contributed by atoms with van der Waals surface area (Å²) in [5, 5.41) is 4.36. The summed E-state index contributed by atoms with van der Waals surface area (Å²) in [5.74, 6) is -0.154. The third kappa shape index (κ3) is 3.17. The summed E-state index contributed by atoms with van der Waals surface area (Å²) in [5.41, 5.74) is 1.90. The van der Waals surface area contributed by atoms with Gasteiger partial charge in [0.1, 0.15) is 5.69 Å². The van der Waals surface area contributed by atoms with Gasteiger partial charge in [-0.25, -0.2) is 14.5 Å². The Morgan fingerprint density at radius 2 is 2.16 bits per heavy atom. The molecule has 1 aliphatic rings. The number of aromatic nitrogens is 3. The number of carbonyl (C=O) groups excluding carboxylic acids is 2. The lowest BCUT2D eigenvalue weighted by atomic mass is 9.90. The number of allylic oxidation sites excluding steroid dienone is 1. The van der Waals surface area contributed by atoms with Crippen molar-refractivity contribution in [3.05, 3.63) is 53.1 Å². The maximum atomic E-state index is 13.0. The van der Waals surface area contributed by atoms with Crippen LogP contribution in [0.5, 0.6) is 0 Å². The van der Waals surface area contributed by atoms with Crippen molar-refractivity contribution >= 4 is 11.8 Å². The molecule has 0 saturated heterocycles. The van der Waals surface area contributed by atoms with Gasteiger partial charge in [-0.3, -0.25) is 4.79 Å². The second-order valence-corrected chi connectivity index (χ2v) is 5.94. The summed E-state index contributed by atoms with van der Waals surface area (Å²) >= 11 is 0. The number of rotatable bonds is 4. The summed E-state index contributed by atoms with van der Waals surface area (Å²) in [7, 11) is 3.74. The molecule has 130 valence electrons. The van der Waals surface area contributed by atoms with Gasteiger partial charge in [0.05, 0.1) is 6.61 Å². The van der Waals surface area contributed by atoms with Crippen molar-refractivity contribution in [2.45, 2.75) is 19.8 Å². The molecule has 25 heavy (non-hydrogen) atoms. The Morgan fingerprint density at radius 1 is 1.36 bits per heavy atom. The van der Waals surface area contributed by atoms with Crippen molar-refractivity contribution < 1.29 is 14.3 Å². The second kappa shape index (κ2) is 6.88. The molecule has 0 saturated carbocycles. The van der Waals surface area contributed by atoms with Crippen LogP contribution < -0.4 is 0 Å². The lowest BCUT2D eigenvalue weighted by Gasteiger charge is -2.17. The molecule has 1 aliphatic carbocycles. The van der Waals surface area contributed by atoms with Gasteiger partial charge in [0.25, 0.3) is 0 Å². The van der Waals surface area contributed by atoms with Crippen molar-refractivity contribution in [3.8, 4) is 5.82 Å². The maximum Gasteiger partial charge on any atom is 0.359 e. The van der Waals surface area contributed by atoms with Gasteiger partial charge in [-0.2, -0.15) is 5.10 Å². The van der Waals surface area contributed by atoms with Crippen molar-refractivity contribution in [1.82, 2.24) is 19.7 Å². The zero-order chi connectivity index (χ0) is 18.0. The molecule has 0 radical (unpaired) electrons. The van der Waals surface area contributed by atoms with Gasteiger partial charge in [0, 0.05) is 37.6 Å². The number of esters is 1. The first-order valence-electron chi connectivity index (χ1n) is 8.15. The Kier molecular flexibility index (Phi) is 4.65. The molecular formula is C18H20N4O3. The van der Waals surface area contributed by atoms with E-state index in [0.29, 0.717) is 35.5 Å². The Morgan fingerprint density at radius 3 is 2.80 bits per heavy atom. The zero-order valence-corrected chi connectivity index (χ0v) is 14.5. The van der Waals surface area contributed by atoms with Crippen LogP contribution in [0.4, 0.5) is 0 Å². The molecule has 0 amide bonds. The lowest BCUT2D eigenvalue weighted by Crippen LogP contribution is -2.20. The molecule has 0 atom stereocenters. The van der Waals surface area contributed by atoms with E-state index in [1.54, 1.807) is 25.3 Å². The Balaban J connectivity index is 2.17. The van der Waals surface area contributed by atoms with Crippen molar-refractivity contribution in [3.63, 3.8) is 0 Å². The van der Waals surface area contributed by atoms with Gasteiger partial charge in [-0.1, -0.05) is 6.07 Å². The summed E-state index contributed by atoms with van der Waals surface area (Å²) in [6, 6.07) is 5.34. The van der Waals surface area contributed by atoms with Crippen LogP contribution in [0, 0.1) is 0 Å². The number of Topliss-reactive ketones (excluding diaryl/α,β-unsaturated/α-hetero) is 1. The van der Waals surface area contributed by atoms with Crippen LogP contribution >= 0.6 is 0 Å². The smallest absolute Gasteiger partial charge is 0.359 e. The molecule has 7 nitrogen and oxygen atoms in total. The van der Waals surface area contributed by atoms with E-state index < -0.39 is 5.97 Å². The molecule has 0 aliphatic heterocycles. The SMILES string of the molecule is CCOC(=O)c1nn(-c2ccccn2)c2c1CC/C(=C/N(C)C)C2=O. The molecule has 2 aromatic rings. The van der Waals surface area contributed by atoms with Crippen molar-refractivity contribution in [2.24, 2.45) is 0 Å². The largest absolute Gasteiger partial charge is 0.461 e. The van der Waals surface area contributed by atoms with Gasteiger partial charge in [0.2, 0.25) is 5.78 Å². The van der Waals surface area contributed by atoms with Crippen molar-refractivity contribution in [2.75, 3.05) is 20.7 Å². The third-order valence-electron chi connectivity index (χ3n) is 3.88. The fraction of sp³-hybridized carbons (Fsp3) is 0.333. The average molecular weight is 340 g/mol. The monoisotopic (exact) mass is 340 g/mol. The number of nitrogens with zero attached hydrogens (tertiary/aromatic N) is 4. The number of ether oxygens (including phenoxy) is 1. The van der Waals surface area contributed by atoms with Gasteiger partial charge < -0.3 is 9.64 Å². The number of carbonyl (C=O) groups is 2. The number of hydrogen-bond donors (Lipinski definition) is 0. The third-order valence-corrected chi connectivity index (χ3v) is 3.88. The van der Waals surface area contributed by atoms with Crippen LogP contribution in [0.1, 0.15) is 39.9 Å². The Bertz CT molecular complexity index is 838. The summed E-state index contributed by atoms with van der Waals surface area (Å²) in [6.45, 7) is 1.99. The van der Waals surface area contributed by atoms with Gasteiger partial charge >= 0.3 is 5.97 Å². The highest BCUT2D eigenvalue weighted by Crippen LogP contribution is 2.30. The average Bonchev–Trinajstić information content (AvgIpc) is 2.98. The van der Waals surface area contributed by atoms with E-state index in [9.17, 15) is 9.59 Å². The first-order valence-corrected chi connectivity index (χ1v) is 8.15. The molecule has 7 heteroatoms. The second-order valence-electron chi connectivity index (χ2n) is 5.94. The van der Waals surface area contributed by atoms with Gasteiger partial charge in [0.15, 0.2) is 11.5 Å². The van der Waals surface area contributed by atoms with E-state index in [1.165, 1.54) is 4.68 Å². The molecule has 0 bridgehead atoms. The topological polar surface area (TPSA) is 77.3 Å². The molecule has 2 heterocycles. The van der Waals surface area contributed by atoms with E-state index >= 15 is 0 Å². The molecule has 0 aromatic carbocycles. The molecule has 2 aromatic heterocycles. The lowest BCUT2D eigenvalue weighted by molar-refractivity contribution is 0.0517. The normalized spacial score (nSPS) is 15.2. The number of fused-ring (bicyclic) bond motifs is 1. The van der Waals surface area contributed by atoms with Gasteiger partial charge in [-0.05, 0) is 31.9 Å². The van der Waals surface area contributed by atoms with E-state index in [2.05, 4.69) is 10.1 Å². The Labute approximate surface area is 145 Å². The highest BCUT2D eigenvalue weighted by molar-refractivity contribution is 6.11. The molecule has 0 fully saturated rings. The fourth-order valence-corrected chi connectivity index (χ4v) is 2.89. The Hall–Kier alpha value is -2.96. The zero-order valence-electron chi connectivity index (χ0n) is 14.5. The summed E-state index contributed by atoms with van der Waals surface area (Å²) < 4.78 is 6.55. The predicted octanol–water partition coefficient (Wildman–Crippen LogP) is 2.02. The van der Waals surface area contributed by atoms with Crippen LogP contribution in [-0.2, 0) is 11.2 Å². The number of hydrogen-bond acceptors (Lipinski definition) is 6. The van der Waals surface area contributed by atoms with Crippen molar-refractivity contribution in [1.29, 1.82) is 0 Å². The van der Waals surface area contributed by atoms with Crippen LogP contribution in [0.3, 0.4) is 0 Å². The number of pyridine rings is 1. The first-order chi connectivity index (χ1) is 12.0. The van der Waals surface area contributed by atoms with E-state index in [4.69, 9.17) is 4.74 Å². The molecule has 0 unspecified atom stereocenters. The molecular weight excluding hydrogens is 320 g/mol. The minimum atomic E-state index is -0.513. The number of ketones is 1. The first kappa shape index (κ1) is 16.9. The van der Waals surface area contributed by atoms with Crippen LogP contribution in [0.2, 0.25) is 0 Å². The van der Waals surface area contributed by atoms with E-state index in [-0.39, 0.29) is 18.1 Å². The maximum absolute atomic E-state index is 13.0. The predicted molar refractivity (Wildman–Crippen MR) is 91.7 cm³/mol. The standard InChI is InChI=1S/C18H20N4O3/c1-4-25-18(24)15-13-9-8-12(11-21(2)3)17(23)16(13)22(20-15)14-7-5-6-10-19-14/h5-7,10-11H,4,8-9H2,1-3H3/b12-11-. The quantitative estimate of drug-likeness (QED) is 0.626. The minimum Gasteiger partial charge on any atom is -0.461 e. The molecule has 0 N–H and O–H groups in total. The minimum absolute atomic E-state index is 0.136. The highest BCUT2D eigenvalue weighted by atomic mass is 16.5. The fourth-order valence-electron chi connectivity index (χ4n) is 2.89. The van der Waals surface area contributed by atoms with E-state index in [1.807, 2.05) is 31.3 Å². The molecule has 0 spiro atoms. The van der Waals surface area contributed by atoms with Gasteiger partial charge in [-0.15, -0.1) is 0 Å². The summed E-state index contributed by atoms with van der Waals surface area (Å²) in [4.78, 5) is 31.4. The van der Waals surface area contributed by atoms with Crippen LogP contribution in [0.15, 0.2) is 36.2 Å². The highest BCUT2D eigenvalue weighted by Gasteiger charge is 2.33. The molecule has 3 rings (SSSR count). The van der Waals surface area contributed by atoms with E-state index in [0.717, 1.165) is 0 Å². The van der Waals surface area contributed by atoms with Crippen LogP contribution in [-0.4, -0.2) is 52.1 Å².